The molecule has 0 N–H and O–H groups in total. The van der Waals surface area contributed by atoms with Gasteiger partial charge in [0.05, 0.1) is 22.7 Å². The number of carbonyl (C=O) groups is 1. The molecule has 3 rings (SSSR count). The zero-order valence-corrected chi connectivity index (χ0v) is 18.9. The van der Waals surface area contributed by atoms with E-state index in [1.165, 1.54) is 54.7 Å². The Kier molecular flexibility index (Phi) is 6.36. The second-order valence-corrected chi connectivity index (χ2v) is 9.98. The van der Waals surface area contributed by atoms with Crippen molar-refractivity contribution in [1.82, 2.24) is 13.9 Å². The Morgan fingerprint density at radius 3 is 2.50 bits per heavy atom. The van der Waals surface area contributed by atoms with E-state index in [-0.39, 0.29) is 22.7 Å². The molecule has 0 aliphatic heterocycles. The molecule has 170 valence electrons. The molecule has 0 bridgehead atoms. The first-order valence-corrected chi connectivity index (χ1v) is 11.1. The average Bonchev–Trinajstić information content (AvgIpc) is 3.11. The largest absolute Gasteiger partial charge is 0.444 e. The number of pyridine rings is 1. The van der Waals surface area contributed by atoms with Crippen LogP contribution < -0.4 is 0 Å². The van der Waals surface area contributed by atoms with Crippen molar-refractivity contribution >= 4 is 16.1 Å². The molecule has 0 unspecified atom stereocenters. The molecule has 1 aromatic carbocycles. The normalized spacial score (nSPS) is 11.9. The molecular formula is C22H23F2N3O4S. The van der Waals surface area contributed by atoms with Crippen LogP contribution in [0.15, 0.2) is 59.8 Å². The number of hydrogen-bond acceptors (Lipinski definition) is 5. The first-order chi connectivity index (χ1) is 14.9. The lowest BCUT2D eigenvalue weighted by Crippen LogP contribution is -2.33. The number of ether oxygens (including phenoxy) is 1. The van der Waals surface area contributed by atoms with Crippen LogP contribution in [0.25, 0.3) is 11.3 Å². The van der Waals surface area contributed by atoms with Gasteiger partial charge in [0.1, 0.15) is 11.4 Å². The highest BCUT2D eigenvalue weighted by Gasteiger charge is 2.26. The molecule has 10 heteroatoms. The molecular weight excluding hydrogens is 440 g/mol. The molecule has 0 saturated heterocycles. The number of carbonyl (C=O) groups excluding carboxylic acids is 1. The maximum Gasteiger partial charge on any atom is 0.410 e. The molecule has 2 aromatic heterocycles. The van der Waals surface area contributed by atoms with Gasteiger partial charge >= 0.3 is 6.09 Å². The predicted molar refractivity (Wildman–Crippen MR) is 114 cm³/mol. The van der Waals surface area contributed by atoms with E-state index >= 15 is 0 Å². The van der Waals surface area contributed by atoms with Gasteiger partial charge in [-0.25, -0.2) is 26.6 Å². The van der Waals surface area contributed by atoms with Crippen LogP contribution in [0.1, 0.15) is 26.3 Å². The molecule has 7 nitrogen and oxygen atoms in total. The number of halogens is 2. The molecule has 0 atom stereocenters. The molecule has 0 fully saturated rings. The maximum atomic E-state index is 14.4. The van der Waals surface area contributed by atoms with Crippen molar-refractivity contribution in [2.45, 2.75) is 37.8 Å². The van der Waals surface area contributed by atoms with Crippen LogP contribution in [0.3, 0.4) is 0 Å². The van der Waals surface area contributed by atoms with Gasteiger partial charge in [-0.3, -0.25) is 0 Å². The highest BCUT2D eigenvalue weighted by atomic mass is 32.2. The summed E-state index contributed by atoms with van der Waals surface area (Å²) in [7, 11) is -2.78. The van der Waals surface area contributed by atoms with Crippen molar-refractivity contribution < 1.29 is 26.7 Å². The minimum Gasteiger partial charge on any atom is -0.444 e. The van der Waals surface area contributed by atoms with E-state index in [1.54, 1.807) is 20.8 Å². The second-order valence-electron chi connectivity index (χ2n) is 8.17. The van der Waals surface area contributed by atoms with Crippen molar-refractivity contribution in [3.63, 3.8) is 0 Å². The van der Waals surface area contributed by atoms with Crippen molar-refractivity contribution in [3.8, 4) is 11.3 Å². The van der Waals surface area contributed by atoms with E-state index in [0.29, 0.717) is 5.56 Å². The number of hydrogen-bond donors (Lipinski definition) is 0. The molecule has 0 saturated carbocycles. The predicted octanol–water partition coefficient (Wildman–Crippen LogP) is 4.43. The van der Waals surface area contributed by atoms with E-state index in [1.807, 2.05) is 0 Å². The third-order valence-electron chi connectivity index (χ3n) is 4.36. The van der Waals surface area contributed by atoms with Crippen LogP contribution in [0.4, 0.5) is 13.6 Å². The molecule has 0 radical (unpaired) electrons. The standard InChI is InChI=1S/C22H23F2N3O4S/c1-22(2,3)31-21(28)26(4)13-15-11-19(18-9-6-10-25-20(18)24)27(14-15)32(29,30)17-8-5-7-16(23)12-17/h5-12,14H,13H2,1-4H3. The first-order valence-electron chi connectivity index (χ1n) is 9.66. The smallest absolute Gasteiger partial charge is 0.410 e. The highest BCUT2D eigenvalue weighted by molar-refractivity contribution is 7.90. The van der Waals surface area contributed by atoms with Crippen molar-refractivity contribution in [1.29, 1.82) is 0 Å². The summed E-state index contributed by atoms with van der Waals surface area (Å²) in [6, 6.07) is 8.82. The van der Waals surface area contributed by atoms with E-state index in [0.717, 1.165) is 16.1 Å². The molecule has 3 aromatic rings. The molecule has 32 heavy (non-hydrogen) atoms. The molecule has 0 aliphatic carbocycles. The van der Waals surface area contributed by atoms with Crippen LogP contribution >= 0.6 is 0 Å². The lowest BCUT2D eigenvalue weighted by molar-refractivity contribution is 0.0285. The summed E-state index contributed by atoms with van der Waals surface area (Å²) in [6.45, 7) is 5.17. The number of rotatable bonds is 5. The van der Waals surface area contributed by atoms with Gasteiger partial charge in [-0.05, 0) is 62.7 Å². The number of amides is 1. The fourth-order valence-electron chi connectivity index (χ4n) is 2.97. The number of benzene rings is 1. The summed E-state index contributed by atoms with van der Waals surface area (Å²) in [5.41, 5.74) is -0.371. The summed E-state index contributed by atoms with van der Waals surface area (Å²) >= 11 is 0. The van der Waals surface area contributed by atoms with Crippen LogP contribution in [0.5, 0.6) is 0 Å². The Morgan fingerprint density at radius 2 is 1.88 bits per heavy atom. The van der Waals surface area contributed by atoms with Gasteiger partial charge in [0, 0.05) is 19.4 Å². The number of nitrogens with zero attached hydrogens (tertiary/aromatic N) is 3. The van der Waals surface area contributed by atoms with Gasteiger partial charge in [-0.15, -0.1) is 0 Å². The molecule has 0 aliphatic rings. The number of aromatic nitrogens is 2. The Labute approximate surface area is 185 Å². The van der Waals surface area contributed by atoms with Crippen LogP contribution in [-0.2, 0) is 21.3 Å². The van der Waals surface area contributed by atoms with Crippen molar-refractivity contribution in [2.75, 3.05) is 7.05 Å². The summed E-state index contributed by atoms with van der Waals surface area (Å²) in [5.74, 6) is -1.59. The first kappa shape index (κ1) is 23.4. The lowest BCUT2D eigenvalue weighted by Gasteiger charge is -2.24. The Hall–Kier alpha value is -3.27. The molecule has 1 amide bonds. The minimum atomic E-state index is -4.27. The van der Waals surface area contributed by atoms with E-state index in [9.17, 15) is 22.0 Å². The maximum absolute atomic E-state index is 14.4. The summed E-state index contributed by atoms with van der Waals surface area (Å²) < 4.78 is 60.8. The van der Waals surface area contributed by atoms with Gasteiger partial charge in [0.15, 0.2) is 0 Å². The zero-order valence-electron chi connectivity index (χ0n) is 18.0. The van der Waals surface area contributed by atoms with Crippen LogP contribution in [-0.4, -0.2) is 41.0 Å². The fourth-order valence-corrected chi connectivity index (χ4v) is 4.40. The summed E-state index contributed by atoms with van der Waals surface area (Å²) in [5, 5.41) is 0. The SMILES string of the molecule is CN(Cc1cc(-c2cccnc2F)n(S(=O)(=O)c2cccc(F)c2)c1)C(=O)OC(C)(C)C. The highest BCUT2D eigenvalue weighted by Crippen LogP contribution is 2.29. The average molecular weight is 464 g/mol. The van der Waals surface area contributed by atoms with E-state index in [4.69, 9.17) is 4.74 Å². The quantitative estimate of drug-likeness (QED) is 0.523. The third-order valence-corrected chi connectivity index (χ3v) is 6.03. The van der Waals surface area contributed by atoms with Crippen molar-refractivity contribution in [2.24, 2.45) is 0 Å². The molecule has 0 spiro atoms. The van der Waals surface area contributed by atoms with Crippen molar-refractivity contribution in [3.05, 3.63) is 72.2 Å². The van der Waals surface area contributed by atoms with Gasteiger partial charge in [0.25, 0.3) is 10.0 Å². The summed E-state index contributed by atoms with van der Waals surface area (Å²) in [6.07, 6.45) is 1.90. The van der Waals surface area contributed by atoms with Gasteiger partial charge in [-0.1, -0.05) is 6.07 Å². The van der Waals surface area contributed by atoms with E-state index < -0.39 is 33.5 Å². The minimum absolute atomic E-state index is 0.00450. The van der Waals surface area contributed by atoms with Crippen LogP contribution in [0, 0.1) is 11.8 Å². The lowest BCUT2D eigenvalue weighted by atomic mass is 10.2. The topological polar surface area (TPSA) is 81.5 Å². The summed E-state index contributed by atoms with van der Waals surface area (Å²) in [4.78, 5) is 16.9. The fraction of sp³-hybridized carbons (Fsp3) is 0.273. The monoisotopic (exact) mass is 463 g/mol. The van der Waals surface area contributed by atoms with Crippen LogP contribution in [0.2, 0.25) is 0 Å². The Balaban J connectivity index is 2.07. The van der Waals surface area contributed by atoms with E-state index in [2.05, 4.69) is 4.98 Å². The molecule has 2 heterocycles. The van der Waals surface area contributed by atoms with Gasteiger partial charge in [0.2, 0.25) is 5.95 Å². The van der Waals surface area contributed by atoms with Gasteiger partial charge in [-0.2, -0.15) is 4.39 Å². The Morgan fingerprint density at radius 1 is 1.16 bits per heavy atom. The Bertz CT molecular complexity index is 1250. The zero-order chi connectivity index (χ0) is 23.7. The third kappa shape index (κ3) is 5.13. The second kappa shape index (κ2) is 8.70. The van der Waals surface area contributed by atoms with Gasteiger partial charge < -0.3 is 9.64 Å².